The molecule has 1 atom stereocenters. The third-order valence-electron chi connectivity index (χ3n) is 3.09. The Balaban J connectivity index is 1.91. The predicted octanol–water partition coefficient (Wildman–Crippen LogP) is 4.28. The Bertz CT molecular complexity index is 720. The molecule has 3 nitrogen and oxygen atoms in total. The van der Waals surface area contributed by atoms with E-state index in [1.54, 1.807) is 11.8 Å². The molecule has 0 aliphatic carbocycles. The van der Waals surface area contributed by atoms with Gasteiger partial charge in [0, 0.05) is 22.4 Å². The van der Waals surface area contributed by atoms with Crippen LogP contribution in [0.1, 0.15) is 6.92 Å². The normalized spacial score (nSPS) is 13.0. The average Bonchev–Trinajstić information content (AvgIpc) is 2.54. The van der Waals surface area contributed by atoms with Crippen molar-refractivity contribution in [3.8, 4) is 0 Å². The SMILES string of the molecule is CC(CNc1ccc(S(=O)(=O)C(F)F)cc1)Sc1ccccc1. The van der Waals surface area contributed by atoms with Crippen LogP contribution in [-0.2, 0) is 9.84 Å². The number of alkyl halides is 2. The number of rotatable bonds is 7. The van der Waals surface area contributed by atoms with Crippen LogP contribution in [0.4, 0.5) is 14.5 Å². The van der Waals surface area contributed by atoms with Crippen LogP contribution >= 0.6 is 11.8 Å². The van der Waals surface area contributed by atoms with Crippen molar-refractivity contribution in [1.29, 1.82) is 0 Å². The van der Waals surface area contributed by atoms with Crippen LogP contribution in [0.5, 0.6) is 0 Å². The monoisotopic (exact) mass is 357 g/mol. The van der Waals surface area contributed by atoms with Gasteiger partial charge in [0.05, 0.1) is 4.90 Å². The first-order chi connectivity index (χ1) is 10.9. The van der Waals surface area contributed by atoms with Gasteiger partial charge in [-0.05, 0) is 36.4 Å². The number of hydrogen-bond acceptors (Lipinski definition) is 4. The molecule has 1 N–H and O–H groups in total. The molecule has 0 radical (unpaired) electrons. The molecule has 0 spiro atoms. The number of sulfone groups is 1. The summed E-state index contributed by atoms with van der Waals surface area (Å²) in [6.45, 7) is 2.74. The van der Waals surface area contributed by atoms with Gasteiger partial charge in [0.25, 0.3) is 0 Å². The van der Waals surface area contributed by atoms with E-state index in [0.717, 1.165) is 0 Å². The summed E-state index contributed by atoms with van der Waals surface area (Å²) in [6.07, 6.45) is 0. The zero-order chi connectivity index (χ0) is 16.9. The van der Waals surface area contributed by atoms with Gasteiger partial charge < -0.3 is 5.32 Å². The molecule has 124 valence electrons. The highest BCUT2D eigenvalue weighted by Crippen LogP contribution is 2.24. The molecule has 2 aromatic rings. The summed E-state index contributed by atoms with van der Waals surface area (Å²) >= 11 is 1.72. The summed E-state index contributed by atoms with van der Waals surface area (Å²) in [6, 6.07) is 15.4. The molecule has 0 aliphatic heterocycles. The van der Waals surface area contributed by atoms with Gasteiger partial charge in [-0.2, -0.15) is 8.78 Å². The molecule has 0 fully saturated rings. The first-order valence-electron chi connectivity index (χ1n) is 6.97. The minimum absolute atomic E-state index is 0.293. The first-order valence-corrected chi connectivity index (χ1v) is 9.40. The van der Waals surface area contributed by atoms with E-state index >= 15 is 0 Å². The van der Waals surface area contributed by atoms with Crippen LogP contribution in [0.3, 0.4) is 0 Å². The molecule has 1 unspecified atom stereocenters. The van der Waals surface area contributed by atoms with Gasteiger partial charge >= 0.3 is 5.76 Å². The van der Waals surface area contributed by atoms with E-state index < -0.39 is 15.6 Å². The van der Waals surface area contributed by atoms with Crippen molar-refractivity contribution < 1.29 is 17.2 Å². The zero-order valence-electron chi connectivity index (χ0n) is 12.4. The fourth-order valence-electron chi connectivity index (χ4n) is 1.90. The van der Waals surface area contributed by atoms with Crippen LogP contribution < -0.4 is 5.32 Å². The fraction of sp³-hybridized carbons (Fsp3) is 0.250. The maximum atomic E-state index is 12.5. The van der Waals surface area contributed by atoms with Gasteiger partial charge in [-0.1, -0.05) is 25.1 Å². The topological polar surface area (TPSA) is 46.2 Å². The minimum atomic E-state index is -4.53. The number of hydrogen-bond donors (Lipinski definition) is 1. The number of nitrogens with one attached hydrogen (secondary N) is 1. The van der Waals surface area contributed by atoms with Gasteiger partial charge in [0.1, 0.15) is 0 Å². The molecule has 0 saturated carbocycles. The average molecular weight is 357 g/mol. The van der Waals surface area contributed by atoms with Crippen LogP contribution in [0.25, 0.3) is 0 Å². The molecule has 2 aromatic carbocycles. The second-order valence-electron chi connectivity index (χ2n) is 4.95. The van der Waals surface area contributed by atoms with Crippen molar-refractivity contribution in [3.05, 3.63) is 54.6 Å². The zero-order valence-corrected chi connectivity index (χ0v) is 14.1. The lowest BCUT2D eigenvalue weighted by molar-refractivity contribution is 0.234. The van der Waals surface area contributed by atoms with E-state index in [-0.39, 0.29) is 4.90 Å². The van der Waals surface area contributed by atoms with Crippen LogP contribution in [0.2, 0.25) is 0 Å². The molecule has 0 bridgehead atoms. The Morgan fingerprint density at radius 3 is 2.22 bits per heavy atom. The minimum Gasteiger partial charge on any atom is -0.384 e. The summed E-state index contributed by atoms with van der Waals surface area (Å²) < 4.78 is 47.6. The molecule has 0 aliphatic rings. The van der Waals surface area contributed by atoms with Gasteiger partial charge in [-0.3, -0.25) is 0 Å². The van der Waals surface area contributed by atoms with Crippen LogP contribution in [0.15, 0.2) is 64.4 Å². The van der Waals surface area contributed by atoms with Crippen molar-refractivity contribution in [2.24, 2.45) is 0 Å². The summed E-state index contributed by atoms with van der Waals surface area (Å²) in [5.74, 6) is -3.40. The number of halogens is 2. The Kier molecular flexibility index (Phi) is 6.01. The molecule has 0 heterocycles. The molecule has 23 heavy (non-hydrogen) atoms. The van der Waals surface area contributed by atoms with E-state index in [0.29, 0.717) is 17.5 Å². The molecular weight excluding hydrogens is 340 g/mol. The molecule has 0 amide bonds. The summed E-state index contributed by atoms with van der Waals surface area (Å²) in [5, 5.41) is 3.46. The maximum absolute atomic E-state index is 12.5. The van der Waals surface area contributed by atoms with Crippen molar-refractivity contribution >= 4 is 27.3 Å². The quantitative estimate of drug-likeness (QED) is 0.752. The van der Waals surface area contributed by atoms with Crippen molar-refractivity contribution in [1.82, 2.24) is 0 Å². The Morgan fingerprint density at radius 2 is 1.65 bits per heavy atom. The third kappa shape index (κ3) is 4.94. The van der Waals surface area contributed by atoms with Gasteiger partial charge in [0.2, 0.25) is 9.84 Å². The largest absolute Gasteiger partial charge is 0.384 e. The van der Waals surface area contributed by atoms with E-state index in [9.17, 15) is 17.2 Å². The molecule has 0 aromatic heterocycles. The van der Waals surface area contributed by atoms with Gasteiger partial charge in [-0.25, -0.2) is 8.42 Å². The van der Waals surface area contributed by atoms with E-state index in [4.69, 9.17) is 0 Å². The highest BCUT2D eigenvalue weighted by atomic mass is 32.2. The lowest BCUT2D eigenvalue weighted by Crippen LogP contribution is -2.14. The van der Waals surface area contributed by atoms with Crippen LogP contribution in [-0.4, -0.2) is 26.0 Å². The Morgan fingerprint density at radius 1 is 1.04 bits per heavy atom. The molecule has 7 heteroatoms. The molecule has 0 saturated heterocycles. The first kappa shape index (κ1) is 17.7. The number of anilines is 1. The lowest BCUT2D eigenvalue weighted by atomic mass is 10.3. The van der Waals surface area contributed by atoms with Crippen molar-refractivity contribution in [3.63, 3.8) is 0 Å². The van der Waals surface area contributed by atoms with E-state index in [1.807, 2.05) is 30.3 Å². The smallest absolute Gasteiger partial charge is 0.341 e. The Labute approximate surface area is 139 Å². The molecule has 2 rings (SSSR count). The van der Waals surface area contributed by atoms with Crippen molar-refractivity contribution in [2.75, 3.05) is 11.9 Å². The van der Waals surface area contributed by atoms with Crippen LogP contribution in [0, 0.1) is 0 Å². The molecular formula is C16H17F2NO2S2. The summed E-state index contributed by atoms with van der Waals surface area (Å²) in [5.41, 5.74) is 0.693. The maximum Gasteiger partial charge on any atom is 0.341 e. The lowest BCUT2D eigenvalue weighted by Gasteiger charge is -2.13. The van der Waals surface area contributed by atoms with Gasteiger partial charge in [0.15, 0.2) is 0 Å². The fourth-order valence-corrected chi connectivity index (χ4v) is 3.57. The second-order valence-corrected chi connectivity index (χ2v) is 8.38. The summed E-state index contributed by atoms with van der Waals surface area (Å²) in [4.78, 5) is 0.796. The second kappa shape index (κ2) is 7.79. The number of thioether (sulfide) groups is 1. The highest BCUT2D eigenvalue weighted by Gasteiger charge is 2.26. The summed E-state index contributed by atoms with van der Waals surface area (Å²) in [7, 11) is -4.53. The predicted molar refractivity (Wildman–Crippen MR) is 89.9 cm³/mol. The van der Waals surface area contributed by atoms with Crippen molar-refractivity contribution in [2.45, 2.75) is 27.7 Å². The van der Waals surface area contributed by atoms with E-state index in [2.05, 4.69) is 12.2 Å². The van der Waals surface area contributed by atoms with Gasteiger partial charge in [-0.15, -0.1) is 11.8 Å². The standard InChI is InChI=1S/C16H17F2NO2S2/c1-12(22-14-5-3-2-4-6-14)11-19-13-7-9-15(10-8-13)23(20,21)16(17)18/h2-10,12,16,19H,11H2,1H3. The number of benzene rings is 2. The highest BCUT2D eigenvalue weighted by molar-refractivity contribution is 8.00. The van der Waals surface area contributed by atoms with E-state index in [1.165, 1.54) is 29.2 Å². The Hall–Kier alpha value is -1.60. The third-order valence-corrected chi connectivity index (χ3v) is 5.60.